The number of aryl methyl sites for hydroxylation is 1. The standard InChI is InChI=1S/C37H31N2O.C12H10N.Ir/c1-23(2)30-21-26(25-13-6-5-7-14-25)22-31(24(3)4)35(30)39-33-19-10-9-18-32(33)38-37(39)29-17-12-16-28-27-15-8-11-20-34(27)40-36(28)29;1-10-7-8-12(13-9-10)11-5-3-2-4-6-11;/h5-16,18-24H,1-4H3;2-5,7-9H,1H3;/q2*-1;/i;1D3;. The van der Waals surface area contributed by atoms with Crippen LogP contribution in [-0.2, 0) is 20.1 Å². The van der Waals surface area contributed by atoms with Crippen LogP contribution < -0.4 is 0 Å². The van der Waals surface area contributed by atoms with Gasteiger partial charge in [0.15, 0.2) is 0 Å². The molecule has 6 aromatic carbocycles. The second-order valence-corrected chi connectivity index (χ2v) is 13.8. The van der Waals surface area contributed by atoms with Crippen molar-refractivity contribution in [3.05, 3.63) is 175 Å². The number of imidazole rings is 1. The van der Waals surface area contributed by atoms with Gasteiger partial charge in [-0.25, -0.2) is 0 Å². The van der Waals surface area contributed by atoms with E-state index < -0.39 is 6.85 Å². The molecule has 0 aliphatic carbocycles. The molecule has 4 nitrogen and oxygen atoms in total. The summed E-state index contributed by atoms with van der Waals surface area (Å²) in [4.78, 5) is 9.36. The van der Waals surface area contributed by atoms with Gasteiger partial charge in [0.2, 0.25) is 0 Å². The monoisotopic (exact) mass is 883 g/mol. The van der Waals surface area contributed by atoms with E-state index in [1.54, 1.807) is 18.2 Å². The zero-order valence-corrected chi connectivity index (χ0v) is 33.0. The van der Waals surface area contributed by atoms with Crippen molar-refractivity contribution in [3.63, 3.8) is 0 Å². The Balaban J connectivity index is 0.000000246. The number of pyridine rings is 1. The summed E-state index contributed by atoms with van der Waals surface area (Å²) < 4.78 is 30.5. The Hall–Kier alpha value is -5.61. The van der Waals surface area contributed by atoms with Crippen molar-refractivity contribution in [3.8, 4) is 39.5 Å². The van der Waals surface area contributed by atoms with Gasteiger partial charge in [-0.1, -0.05) is 111 Å². The summed E-state index contributed by atoms with van der Waals surface area (Å²) in [6.07, 6.45) is 1.39. The average molecular weight is 883 g/mol. The summed E-state index contributed by atoms with van der Waals surface area (Å²) in [6, 6.07) is 53.4. The summed E-state index contributed by atoms with van der Waals surface area (Å²) in [5.41, 5.74) is 12.7. The molecule has 269 valence electrons. The summed E-state index contributed by atoms with van der Waals surface area (Å²) in [5, 5.41) is 2.18. The van der Waals surface area contributed by atoms with Gasteiger partial charge in [0, 0.05) is 41.5 Å². The minimum Gasteiger partial charge on any atom is -0.501 e. The van der Waals surface area contributed by atoms with E-state index in [-0.39, 0.29) is 25.7 Å². The smallest absolute Gasteiger partial charge is 0.120 e. The average Bonchev–Trinajstić information content (AvgIpc) is 3.80. The maximum Gasteiger partial charge on any atom is 0.120 e. The van der Waals surface area contributed by atoms with Crippen LogP contribution >= 0.6 is 0 Å². The third kappa shape index (κ3) is 7.06. The Bertz CT molecular complexity index is 2760. The molecule has 1 radical (unpaired) electrons. The topological polar surface area (TPSA) is 43.9 Å². The van der Waals surface area contributed by atoms with Crippen LogP contribution in [0.5, 0.6) is 0 Å². The van der Waals surface area contributed by atoms with Crippen molar-refractivity contribution in [2.45, 2.75) is 46.4 Å². The van der Waals surface area contributed by atoms with Crippen LogP contribution in [0.15, 0.2) is 150 Å². The number of hydrogen-bond donors (Lipinski definition) is 0. The Morgan fingerprint density at radius 1 is 0.685 bits per heavy atom. The first-order valence-corrected chi connectivity index (χ1v) is 18.1. The first-order valence-electron chi connectivity index (χ1n) is 19.6. The van der Waals surface area contributed by atoms with Gasteiger partial charge < -0.3 is 14.0 Å². The predicted octanol–water partition coefficient (Wildman–Crippen LogP) is 13.2. The van der Waals surface area contributed by atoms with E-state index >= 15 is 0 Å². The largest absolute Gasteiger partial charge is 0.501 e. The second-order valence-electron chi connectivity index (χ2n) is 13.8. The molecule has 0 bridgehead atoms. The van der Waals surface area contributed by atoms with E-state index in [0.717, 1.165) is 55.6 Å². The maximum absolute atomic E-state index is 7.23. The van der Waals surface area contributed by atoms with Crippen LogP contribution in [0, 0.1) is 19.0 Å². The van der Waals surface area contributed by atoms with Crippen molar-refractivity contribution >= 4 is 33.0 Å². The number of nitrogens with zero attached hydrogens (tertiary/aromatic N) is 3. The van der Waals surface area contributed by atoms with Gasteiger partial charge in [-0.15, -0.1) is 54.1 Å². The fraction of sp³-hybridized carbons (Fsp3) is 0.143. The first kappa shape index (κ1) is 33.0. The molecule has 9 aromatic rings. The molecule has 0 amide bonds. The van der Waals surface area contributed by atoms with Crippen LogP contribution in [0.4, 0.5) is 0 Å². The van der Waals surface area contributed by atoms with E-state index in [0.29, 0.717) is 11.8 Å². The van der Waals surface area contributed by atoms with Crippen molar-refractivity contribution in [2.24, 2.45) is 0 Å². The minimum atomic E-state index is -2.09. The zero-order valence-electron chi connectivity index (χ0n) is 33.6. The Morgan fingerprint density at radius 2 is 1.41 bits per heavy atom. The minimum absolute atomic E-state index is 0. The number of rotatable bonds is 6. The number of hydrogen-bond acceptors (Lipinski definition) is 3. The van der Waals surface area contributed by atoms with E-state index in [1.165, 1.54) is 34.1 Å². The second kappa shape index (κ2) is 15.8. The fourth-order valence-electron chi connectivity index (χ4n) is 7.00. The number of furan rings is 1. The molecule has 0 aliphatic rings. The summed E-state index contributed by atoms with van der Waals surface area (Å²) >= 11 is 0. The molecule has 0 fully saturated rings. The molecule has 3 heterocycles. The molecular formula is C49H41IrN3O-2. The van der Waals surface area contributed by atoms with Crippen molar-refractivity contribution in [2.75, 3.05) is 0 Å². The van der Waals surface area contributed by atoms with Gasteiger partial charge in [-0.2, -0.15) is 0 Å². The van der Waals surface area contributed by atoms with Gasteiger partial charge >= 0.3 is 0 Å². The van der Waals surface area contributed by atoms with Crippen molar-refractivity contribution in [1.82, 2.24) is 14.5 Å². The van der Waals surface area contributed by atoms with Crippen LogP contribution in [0.25, 0.3) is 72.4 Å². The quantitative estimate of drug-likeness (QED) is 0.156. The van der Waals surface area contributed by atoms with E-state index in [4.69, 9.17) is 13.5 Å². The van der Waals surface area contributed by atoms with Gasteiger partial charge in [0.05, 0.1) is 22.4 Å². The van der Waals surface area contributed by atoms with Crippen molar-refractivity contribution < 1.29 is 28.6 Å². The van der Waals surface area contributed by atoms with E-state index in [9.17, 15) is 0 Å². The fourth-order valence-corrected chi connectivity index (χ4v) is 7.00. The van der Waals surface area contributed by atoms with Gasteiger partial charge in [-0.3, -0.25) is 4.98 Å². The van der Waals surface area contributed by atoms with Gasteiger partial charge in [-0.05, 0) is 82.5 Å². The first-order chi connectivity index (χ1) is 27.1. The number of aromatic nitrogens is 3. The normalized spacial score (nSPS) is 12.3. The molecule has 0 saturated heterocycles. The molecule has 5 heteroatoms. The molecular weight excluding hydrogens is 839 g/mol. The van der Waals surface area contributed by atoms with Crippen LogP contribution in [0.2, 0.25) is 0 Å². The van der Waals surface area contributed by atoms with E-state index in [2.05, 4.69) is 134 Å². The summed E-state index contributed by atoms with van der Waals surface area (Å²) in [7, 11) is 0. The van der Waals surface area contributed by atoms with Crippen LogP contribution in [0.1, 0.15) is 60.3 Å². The Kier molecular flexibility index (Phi) is 9.64. The molecule has 0 saturated carbocycles. The van der Waals surface area contributed by atoms with Crippen molar-refractivity contribution in [1.29, 1.82) is 0 Å². The summed E-state index contributed by atoms with van der Waals surface area (Å²) in [6.45, 7) is 7.03. The Labute approximate surface area is 335 Å². The third-order valence-corrected chi connectivity index (χ3v) is 9.62. The molecule has 0 unspecified atom stereocenters. The molecule has 9 rings (SSSR count). The van der Waals surface area contributed by atoms with E-state index in [1.807, 2.05) is 36.4 Å². The molecule has 3 aromatic heterocycles. The van der Waals surface area contributed by atoms with Crippen LogP contribution in [-0.4, -0.2) is 14.5 Å². The van der Waals surface area contributed by atoms with Crippen LogP contribution in [0.3, 0.4) is 0 Å². The molecule has 54 heavy (non-hydrogen) atoms. The summed E-state index contributed by atoms with van der Waals surface area (Å²) in [5.74, 6) is 1.45. The molecule has 0 N–H and O–H groups in total. The zero-order chi connectivity index (χ0) is 39.0. The number of para-hydroxylation sites is 3. The van der Waals surface area contributed by atoms with Gasteiger partial charge in [0.25, 0.3) is 0 Å². The maximum atomic E-state index is 7.23. The molecule has 0 atom stereocenters. The number of fused-ring (bicyclic) bond motifs is 4. The van der Waals surface area contributed by atoms with Gasteiger partial charge in [0.1, 0.15) is 5.58 Å². The SMILES string of the molecule is CC(C)c1cc(-c2ccccc2)cc(C(C)C)c1-n1c(-c2[c-]ccc3c2oc2ccccc23)nc2ccccc21.[2H]C([2H])([2H])c1ccc(-c2[c-]cccc2)nc1.[Ir]. The molecule has 0 spiro atoms. The third-order valence-electron chi connectivity index (χ3n) is 9.62. The number of benzene rings is 6. The Morgan fingerprint density at radius 3 is 2.11 bits per heavy atom. The molecule has 0 aliphatic heterocycles. The predicted molar refractivity (Wildman–Crippen MR) is 219 cm³/mol.